The molecule has 0 bridgehead atoms. The highest BCUT2D eigenvalue weighted by Crippen LogP contribution is 2.22. The van der Waals surface area contributed by atoms with E-state index in [4.69, 9.17) is 0 Å². The van der Waals surface area contributed by atoms with Crippen molar-refractivity contribution < 1.29 is 4.79 Å². The molecule has 0 saturated carbocycles. The van der Waals surface area contributed by atoms with Crippen LogP contribution in [0.1, 0.15) is 31.3 Å². The van der Waals surface area contributed by atoms with Gasteiger partial charge in [0.25, 0.3) is 0 Å². The summed E-state index contributed by atoms with van der Waals surface area (Å²) in [6.07, 6.45) is 1.84. The number of fused-ring (bicyclic) bond motifs is 1. The van der Waals surface area contributed by atoms with Gasteiger partial charge in [-0.05, 0) is 36.7 Å². The van der Waals surface area contributed by atoms with E-state index in [1.54, 1.807) is 0 Å². The molecule has 1 aromatic carbocycles. The Balaban J connectivity index is 1.33. The highest BCUT2D eigenvalue weighted by molar-refractivity contribution is 5.76. The molecule has 3 heterocycles. The first-order valence-corrected chi connectivity index (χ1v) is 10.9. The number of hydrogen-bond donors (Lipinski definition) is 3. The molecule has 1 aliphatic rings. The standard InChI is InChI=1S/C23H31N7O/c1-16(2)21(22-26-18-6-4-5-7-19(18)27-22)28-23(31)25-15-17-8-9-20(24-14-17)30-12-10-29(3)11-13-30/h4-9,14,16,21H,10-13,15H2,1-3H3,(H,26,27)(H2,25,28,31). The van der Waals surface area contributed by atoms with Crippen molar-refractivity contribution >= 4 is 22.9 Å². The molecule has 31 heavy (non-hydrogen) atoms. The smallest absolute Gasteiger partial charge is 0.315 e. The molecule has 1 unspecified atom stereocenters. The van der Waals surface area contributed by atoms with Gasteiger partial charge in [-0.15, -0.1) is 0 Å². The summed E-state index contributed by atoms with van der Waals surface area (Å²) in [5.74, 6) is 1.95. The number of hydrogen-bond acceptors (Lipinski definition) is 5. The minimum Gasteiger partial charge on any atom is -0.354 e. The van der Waals surface area contributed by atoms with Gasteiger partial charge in [-0.25, -0.2) is 14.8 Å². The number of nitrogens with one attached hydrogen (secondary N) is 3. The zero-order chi connectivity index (χ0) is 21.8. The van der Waals surface area contributed by atoms with Crippen LogP contribution in [0.2, 0.25) is 0 Å². The van der Waals surface area contributed by atoms with Crippen LogP contribution in [-0.2, 0) is 6.54 Å². The van der Waals surface area contributed by atoms with Crippen LogP contribution in [0.5, 0.6) is 0 Å². The first kappa shape index (κ1) is 21.1. The molecule has 3 N–H and O–H groups in total. The predicted molar refractivity (Wildman–Crippen MR) is 123 cm³/mol. The SMILES string of the molecule is CC(C)C(NC(=O)NCc1ccc(N2CCN(C)CC2)nc1)c1nc2ccccc2[nH]1. The molecule has 4 rings (SSSR count). The van der Waals surface area contributed by atoms with Crippen molar-refractivity contribution in [2.24, 2.45) is 5.92 Å². The van der Waals surface area contributed by atoms with Crippen molar-refractivity contribution in [3.05, 3.63) is 54.0 Å². The van der Waals surface area contributed by atoms with Gasteiger partial charge in [0.1, 0.15) is 11.6 Å². The number of likely N-dealkylation sites (N-methyl/N-ethyl adjacent to an activating group) is 1. The number of anilines is 1. The number of H-pyrrole nitrogens is 1. The third-order valence-corrected chi connectivity index (χ3v) is 5.75. The number of nitrogens with zero attached hydrogens (tertiary/aromatic N) is 4. The van der Waals surface area contributed by atoms with E-state index in [1.807, 2.05) is 42.6 Å². The summed E-state index contributed by atoms with van der Waals surface area (Å²) in [6.45, 7) is 8.63. The van der Waals surface area contributed by atoms with Crippen molar-refractivity contribution in [3.8, 4) is 0 Å². The Hall–Kier alpha value is -3.13. The van der Waals surface area contributed by atoms with Crippen LogP contribution in [0.15, 0.2) is 42.6 Å². The molecule has 1 saturated heterocycles. The maximum Gasteiger partial charge on any atom is 0.315 e. The first-order valence-electron chi connectivity index (χ1n) is 10.9. The molecular weight excluding hydrogens is 390 g/mol. The topological polar surface area (TPSA) is 89.2 Å². The van der Waals surface area contributed by atoms with Crippen molar-refractivity contribution in [2.45, 2.75) is 26.4 Å². The molecule has 164 valence electrons. The molecule has 3 aromatic rings. The summed E-state index contributed by atoms with van der Waals surface area (Å²) in [6, 6.07) is 11.5. The molecule has 8 heteroatoms. The zero-order valence-electron chi connectivity index (χ0n) is 18.4. The van der Waals surface area contributed by atoms with E-state index in [-0.39, 0.29) is 18.0 Å². The van der Waals surface area contributed by atoms with Crippen molar-refractivity contribution in [3.63, 3.8) is 0 Å². The Morgan fingerprint density at radius 3 is 2.58 bits per heavy atom. The van der Waals surface area contributed by atoms with Crippen LogP contribution in [0.25, 0.3) is 11.0 Å². The molecule has 8 nitrogen and oxygen atoms in total. The van der Waals surface area contributed by atoms with Gasteiger partial charge < -0.3 is 25.4 Å². The molecule has 1 fully saturated rings. The lowest BCUT2D eigenvalue weighted by Crippen LogP contribution is -2.44. The van der Waals surface area contributed by atoms with Crippen molar-refractivity contribution in [2.75, 3.05) is 38.1 Å². The van der Waals surface area contributed by atoms with Crippen LogP contribution in [0.4, 0.5) is 10.6 Å². The highest BCUT2D eigenvalue weighted by Gasteiger charge is 2.22. The van der Waals surface area contributed by atoms with E-state index in [1.165, 1.54) is 0 Å². The van der Waals surface area contributed by atoms with E-state index in [0.717, 1.165) is 54.4 Å². The molecule has 0 radical (unpaired) electrons. The Morgan fingerprint density at radius 1 is 1.13 bits per heavy atom. The summed E-state index contributed by atoms with van der Waals surface area (Å²) < 4.78 is 0. The van der Waals surface area contributed by atoms with Crippen LogP contribution in [-0.4, -0.2) is 59.1 Å². The van der Waals surface area contributed by atoms with Crippen LogP contribution in [0.3, 0.4) is 0 Å². The average Bonchev–Trinajstić information content (AvgIpc) is 3.20. The number of amides is 2. The minimum absolute atomic E-state index is 0.191. The maximum absolute atomic E-state index is 12.6. The maximum atomic E-state index is 12.6. The molecular formula is C23H31N7O. The second-order valence-electron chi connectivity index (χ2n) is 8.50. The number of carbonyl (C=O) groups is 1. The lowest BCUT2D eigenvalue weighted by Gasteiger charge is -2.33. The van der Waals surface area contributed by atoms with Crippen LogP contribution >= 0.6 is 0 Å². The zero-order valence-corrected chi connectivity index (χ0v) is 18.4. The van der Waals surface area contributed by atoms with Gasteiger partial charge in [0.2, 0.25) is 0 Å². The number of aromatic amines is 1. The quantitative estimate of drug-likeness (QED) is 0.570. The number of imidazole rings is 1. The third kappa shape index (κ3) is 5.14. The van der Waals surface area contributed by atoms with E-state index >= 15 is 0 Å². The molecule has 1 atom stereocenters. The number of benzene rings is 1. The predicted octanol–water partition coefficient (Wildman–Crippen LogP) is 2.91. The summed E-state index contributed by atoms with van der Waals surface area (Å²) in [5.41, 5.74) is 2.84. The Bertz CT molecular complexity index is 973. The minimum atomic E-state index is -0.220. The number of rotatable bonds is 6. The number of para-hydroxylation sites is 2. The molecule has 0 spiro atoms. The van der Waals surface area contributed by atoms with E-state index < -0.39 is 0 Å². The molecule has 0 aliphatic carbocycles. The number of pyridine rings is 1. The number of urea groups is 1. The average molecular weight is 422 g/mol. The largest absolute Gasteiger partial charge is 0.354 e. The van der Waals surface area contributed by atoms with Gasteiger partial charge in [-0.3, -0.25) is 0 Å². The second-order valence-corrected chi connectivity index (χ2v) is 8.50. The molecule has 2 amide bonds. The van der Waals surface area contributed by atoms with Crippen molar-refractivity contribution in [1.29, 1.82) is 0 Å². The fourth-order valence-corrected chi connectivity index (χ4v) is 3.79. The van der Waals surface area contributed by atoms with Crippen LogP contribution in [0, 0.1) is 5.92 Å². The Labute approximate surface area is 183 Å². The van der Waals surface area contributed by atoms with E-state index in [0.29, 0.717) is 6.54 Å². The van der Waals surface area contributed by atoms with Crippen LogP contribution < -0.4 is 15.5 Å². The van der Waals surface area contributed by atoms with Gasteiger partial charge >= 0.3 is 6.03 Å². The summed E-state index contributed by atoms with van der Waals surface area (Å²) in [7, 11) is 2.14. The lowest BCUT2D eigenvalue weighted by atomic mass is 10.0. The summed E-state index contributed by atoms with van der Waals surface area (Å²) in [5, 5.41) is 5.99. The summed E-state index contributed by atoms with van der Waals surface area (Å²) in [4.78, 5) is 29.7. The normalized spacial score (nSPS) is 15.9. The molecule has 1 aliphatic heterocycles. The van der Waals surface area contributed by atoms with Gasteiger partial charge in [-0.1, -0.05) is 32.0 Å². The second kappa shape index (κ2) is 9.34. The fourth-order valence-electron chi connectivity index (χ4n) is 3.79. The summed E-state index contributed by atoms with van der Waals surface area (Å²) >= 11 is 0. The van der Waals surface area contributed by atoms with Gasteiger partial charge in [0.05, 0.1) is 17.1 Å². The van der Waals surface area contributed by atoms with E-state index in [2.05, 4.69) is 56.3 Å². The highest BCUT2D eigenvalue weighted by atomic mass is 16.2. The lowest BCUT2D eigenvalue weighted by molar-refractivity contribution is 0.232. The number of carbonyl (C=O) groups excluding carboxylic acids is 1. The third-order valence-electron chi connectivity index (χ3n) is 5.75. The monoisotopic (exact) mass is 421 g/mol. The van der Waals surface area contributed by atoms with Gasteiger partial charge in [0, 0.05) is 38.9 Å². The van der Waals surface area contributed by atoms with Gasteiger partial charge in [-0.2, -0.15) is 0 Å². The van der Waals surface area contributed by atoms with E-state index in [9.17, 15) is 4.79 Å². The Morgan fingerprint density at radius 2 is 1.90 bits per heavy atom. The van der Waals surface area contributed by atoms with Crippen molar-refractivity contribution in [1.82, 2.24) is 30.5 Å². The number of aromatic nitrogens is 3. The first-order chi connectivity index (χ1) is 15.0. The Kier molecular flexibility index (Phi) is 6.36. The van der Waals surface area contributed by atoms with Gasteiger partial charge in [0.15, 0.2) is 0 Å². The number of piperazine rings is 1. The molecule has 2 aromatic heterocycles. The fraction of sp³-hybridized carbons (Fsp3) is 0.435.